The molecular formula is C13H11N3. The summed E-state index contributed by atoms with van der Waals surface area (Å²) in [6, 6.07) is 16.9. The molecule has 0 unspecified atom stereocenters. The van der Waals surface area contributed by atoms with Crippen LogP contribution in [-0.2, 0) is 0 Å². The number of benzene rings is 2. The van der Waals surface area contributed by atoms with Gasteiger partial charge in [-0.05, 0) is 24.3 Å². The molecule has 0 atom stereocenters. The molecule has 0 bridgehead atoms. The Morgan fingerprint density at radius 1 is 0.938 bits per heavy atom. The summed E-state index contributed by atoms with van der Waals surface area (Å²) >= 11 is 0. The van der Waals surface area contributed by atoms with Crippen molar-refractivity contribution < 1.29 is 0 Å². The molecule has 3 nitrogen and oxygen atoms in total. The fraction of sp³-hybridized carbons (Fsp3) is 0. The van der Waals surface area contributed by atoms with E-state index in [0.29, 0.717) is 5.69 Å². The highest BCUT2D eigenvalue weighted by Crippen LogP contribution is 2.25. The van der Waals surface area contributed by atoms with Gasteiger partial charge in [0.15, 0.2) is 5.69 Å². The molecule has 2 rings (SSSR count). The lowest BCUT2D eigenvalue weighted by atomic mass is 10.2. The Kier molecular flexibility index (Phi) is 2.86. The van der Waals surface area contributed by atoms with Crippen LogP contribution in [0.25, 0.3) is 4.85 Å². The van der Waals surface area contributed by atoms with Crippen LogP contribution < -0.4 is 10.9 Å². The van der Waals surface area contributed by atoms with E-state index >= 15 is 0 Å². The molecule has 0 aromatic heterocycles. The summed E-state index contributed by atoms with van der Waals surface area (Å²) in [5.74, 6) is 5.97. The Balaban J connectivity index is 2.35. The van der Waals surface area contributed by atoms with E-state index in [1.54, 1.807) is 17.1 Å². The van der Waals surface area contributed by atoms with Gasteiger partial charge in [0.2, 0.25) is 0 Å². The Morgan fingerprint density at radius 2 is 1.62 bits per heavy atom. The lowest BCUT2D eigenvalue weighted by Gasteiger charge is -2.18. The largest absolute Gasteiger partial charge is 0.281 e. The van der Waals surface area contributed by atoms with Gasteiger partial charge in [0, 0.05) is 5.69 Å². The minimum absolute atomic E-state index is 0.587. The fourth-order valence-electron chi connectivity index (χ4n) is 1.45. The van der Waals surface area contributed by atoms with E-state index in [0.717, 1.165) is 11.4 Å². The van der Waals surface area contributed by atoms with E-state index in [1.807, 2.05) is 42.5 Å². The van der Waals surface area contributed by atoms with Crippen LogP contribution in [-0.4, -0.2) is 0 Å². The van der Waals surface area contributed by atoms with Crippen molar-refractivity contribution in [3.05, 3.63) is 66.0 Å². The summed E-state index contributed by atoms with van der Waals surface area (Å²) in [5, 5.41) is 1.56. The molecule has 0 fully saturated rings. The van der Waals surface area contributed by atoms with Gasteiger partial charge in [-0.3, -0.25) is 5.01 Å². The van der Waals surface area contributed by atoms with Crippen molar-refractivity contribution in [3.8, 4) is 0 Å². The van der Waals surface area contributed by atoms with Crippen molar-refractivity contribution in [2.75, 3.05) is 5.01 Å². The number of rotatable bonds is 2. The first kappa shape index (κ1) is 10.2. The Morgan fingerprint density at radius 3 is 2.31 bits per heavy atom. The number of para-hydroxylation sites is 1. The quantitative estimate of drug-likeness (QED) is 0.468. The van der Waals surface area contributed by atoms with E-state index in [-0.39, 0.29) is 0 Å². The highest BCUT2D eigenvalue weighted by molar-refractivity contribution is 5.66. The van der Waals surface area contributed by atoms with Gasteiger partial charge >= 0.3 is 0 Å². The van der Waals surface area contributed by atoms with Crippen LogP contribution >= 0.6 is 0 Å². The third-order valence-corrected chi connectivity index (χ3v) is 2.27. The van der Waals surface area contributed by atoms with Gasteiger partial charge in [-0.25, -0.2) is 10.7 Å². The van der Waals surface area contributed by atoms with Gasteiger partial charge in [-0.2, -0.15) is 0 Å². The van der Waals surface area contributed by atoms with E-state index in [2.05, 4.69) is 4.85 Å². The van der Waals surface area contributed by atoms with Crippen LogP contribution in [0.1, 0.15) is 0 Å². The maximum atomic E-state index is 6.95. The molecule has 0 aliphatic rings. The molecule has 0 aliphatic heterocycles. The Bertz CT molecular complexity index is 514. The van der Waals surface area contributed by atoms with E-state index in [1.165, 1.54) is 0 Å². The van der Waals surface area contributed by atoms with Crippen LogP contribution in [0.2, 0.25) is 0 Å². The second kappa shape index (κ2) is 4.47. The van der Waals surface area contributed by atoms with Gasteiger partial charge in [0.05, 0.1) is 12.3 Å². The summed E-state index contributed by atoms with van der Waals surface area (Å²) in [6.45, 7) is 6.95. The van der Waals surface area contributed by atoms with Gasteiger partial charge < -0.3 is 0 Å². The number of hydrogen-bond donors (Lipinski definition) is 1. The third-order valence-electron chi connectivity index (χ3n) is 2.27. The summed E-state index contributed by atoms with van der Waals surface area (Å²) < 4.78 is 0. The topological polar surface area (TPSA) is 33.6 Å². The molecule has 78 valence electrons. The average molecular weight is 209 g/mol. The van der Waals surface area contributed by atoms with Crippen molar-refractivity contribution in [2.45, 2.75) is 0 Å². The molecule has 0 amide bonds. The second-order valence-corrected chi connectivity index (χ2v) is 3.34. The summed E-state index contributed by atoms with van der Waals surface area (Å²) in [7, 11) is 0. The van der Waals surface area contributed by atoms with Crippen LogP contribution in [0.3, 0.4) is 0 Å². The second-order valence-electron chi connectivity index (χ2n) is 3.34. The number of nitrogens with two attached hydrogens (primary N) is 1. The van der Waals surface area contributed by atoms with Gasteiger partial charge in [-0.15, -0.1) is 0 Å². The maximum Gasteiger partial charge on any atom is 0.189 e. The zero-order valence-corrected chi connectivity index (χ0v) is 8.67. The Hall–Kier alpha value is -2.31. The van der Waals surface area contributed by atoms with E-state index in [4.69, 9.17) is 12.4 Å². The maximum absolute atomic E-state index is 6.95. The normalized spacial score (nSPS) is 9.50. The molecule has 2 aromatic carbocycles. The molecule has 0 saturated heterocycles. The predicted molar refractivity (Wildman–Crippen MR) is 65.5 cm³/mol. The summed E-state index contributed by atoms with van der Waals surface area (Å²) in [6.07, 6.45) is 0. The molecule has 2 N–H and O–H groups in total. The zero-order chi connectivity index (χ0) is 11.4. The monoisotopic (exact) mass is 209 g/mol. The molecule has 0 heterocycles. The minimum atomic E-state index is 0.587. The first-order valence-electron chi connectivity index (χ1n) is 4.88. The molecule has 16 heavy (non-hydrogen) atoms. The average Bonchev–Trinajstić information content (AvgIpc) is 2.39. The van der Waals surface area contributed by atoms with Crippen molar-refractivity contribution in [1.82, 2.24) is 0 Å². The summed E-state index contributed by atoms with van der Waals surface area (Å²) in [5.41, 5.74) is 2.29. The first-order valence-corrected chi connectivity index (χ1v) is 4.88. The molecule has 0 aliphatic carbocycles. The number of nitrogens with zero attached hydrogens (tertiary/aromatic N) is 2. The van der Waals surface area contributed by atoms with Gasteiger partial charge in [-0.1, -0.05) is 30.3 Å². The van der Waals surface area contributed by atoms with E-state index in [9.17, 15) is 0 Å². The van der Waals surface area contributed by atoms with Crippen LogP contribution in [0.15, 0.2) is 54.6 Å². The molecule has 3 heteroatoms. The lowest BCUT2D eigenvalue weighted by molar-refractivity contribution is 1.09. The predicted octanol–water partition coefficient (Wildman–Crippen LogP) is 3.25. The number of hydrazine groups is 1. The van der Waals surface area contributed by atoms with Gasteiger partial charge in [0.1, 0.15) is 0 Å². The smallest absolute Gasteiger partial charge is 0.189 e. The molecular weight excluding hydrogens is 198 g/mol. The van der Waals surface area contributed by atoms with Crippen molar-refractivity contribution in [3.63, 3.8) is 0 Å². The molecule has 2 aromatic rings. The lowest BCUT2D eigenvalue weighted by Crippen LogP contribution is -2.24. The first-order chi connectivity index (χ1) is 7.81. The standard InChI is InChI=1S/C13H11N3/c1-15-11-6-5-9-13(10-11)16(14)12-7-3-2-4-8-12/h2-10H,14H2. The molecule has 0 spiro atoms. The van der Waals surface area contributed by atoms with Crippen molar-refractivity contribution in [2.24, 2.45) is 5.84 Å². The van der Waals surface area contributed by atoms with E-state index < -0.39 is 0 Å². The summed E-state index contributed by atoms with van der Waals surface area (Å²) in [4.78, 5) is 3.38. The van der Waals surface area contributed by atoms with Crippen LogP contribution in [0.5, 0.6) is 0 Å². The fourth-order valence-corrected chi connectivity index (χ4v) is 1.45. The van der Waals surface area contributed by atoms with Crippen LogP contribution in [0.4, 0.5) is 17.1 Å². The zero-order valence-electron chi connectivity index (χ0n) is 8.67. The Labute approximate surface area is 94.5 Å². The minimum Gasteiger partial charge on any atom is -0.281 e. The molecule has 0 radical (unpaired) electrons. The SMILES string of the molecule is [C-]#[N+]c1cccc(N(N)c2ccccc2)c1. The third kappa shape index (κ3) is 2.02. The van der Waals surface area contributed by atoms with Crippen molar-refractivity contribution >= 4 is 17.1 Å². The highest BCUT2D eigenvalue weighted by Gasteiger charge is 2.03. The number of anilines is 2. The van der Waals surface area contributed by atoms with Crippen LogP contribution in [0, 0.1) is 6.57 Å². The van der Waals surface area contributed by atoms with Gasteiger partial charge in [0.25, 0.3) is 0 Å². The highest BCUT2D eigenvalue weighted by atomic mass is 15.4. The number of hydrogen-bond acceptors (Lipinski definition) is 2. The molecule has 0 saturated carbocycles. The van der Waals surface area contributed by atoms with Crippen molar-refractivity contribution in [1.29, 1.82) is 0 Å².